The third kappa shape index (κ3) is 3.93. The van der Waals surface area contributed by atoms with E-state index in [0.29, 0.717) is 5.56 Å². The van der Waals surface area contributed by atoms with E-state index in [1.54, 1.807) is 30.3 Å². The van der Waals surface area contributed by atoms with Crippen molar-refractivity contribution in [2.45, 2.75) is 12.7 Å². The number of carbonyl (C=O) groups excluding carboxylic acids is 1. The van der Waals surface area contributed by atoms with Gasteiger partial charge in [0.25, 0.3) is 5.91 Å². The molecule has 1 aromatic rings. The maximum absolute atomic E-state index is 11.6. The summed E-state index contributed by atoms with van der Waals surface area (Å²) in [5.74, 6) is -1.18. The standard InChI is InChI=1S/C9H7F3NO/c10-9(11,12)13-8(14)6-7-4-2-1-3-5-7/h1-5H,6H2. The van der Waals surface area contributed by atoms with Crippen molar-refractivity contribution >= 4 is 5.91 Å². The Labute approximate surface area is 78.7 Å². The highest BCUT2D eigenvalue weighted by Gasteiger charge is 2.32. The van der Waals surface area contributed by atoms with E-state index in [0.717, 1.165) is 0 Å². The van der Waals surface area contributed by atoms with Crippen molar-refractivity contribution in [2.24, 2.45) is 0 Å². The van der Waals surface area contributed by atoms with Gasteiger partial charge in [-0.3, -0.25) is 4.79 Å². The molecule has 0 aliphatic heterocycles. The Morgan fingerprint density at radius 1 is 1.21 bits per heavy atom. The van der Waals surface area contributed by atoms with Gasteiger partial charge in [0, 0.05) is 0 Å². The molecule has 0 atom stereocenters. The molecule has 0 aromatic heterocycles. The van der Waals surface area contributed by atoms with Crippen LogP contribution in [0.5, 0.6) is 0 Å². The summed E-state index contributed by atoms with van der Waals surface area (Å²) >= 11 is 0. The molecule has 5 heteroatoms. The van der Waals surface area contributed by atoms with Crippen LogP contribution in [0.1, 0.15) is 5.56 Å². The fraction of sp³-hybridized carbons (Fsp3) is 0.222. The van der Waals surface area contributed by atoms with Gasteiger partial charge in [-0.2, -0.15) is 0 Å². The van der Waals surface area contributed by atoms with Crippen molar-refractivity contribution in [1.29, 1.82) is 0 Å². The number of halogens is 3. The van der Waals surface area contributed by atoms with E-state index in [4.69, 9.17) is 0 Å². The molecule has 0 aliphatic carbocycles. The minimum atomic E-state index is -4.77. The highest BCUT2D eigenvalue weighted by Crippen LogP contribution is 2.12. The molecule has 1 amide bonds. The summed E-state index contributed by atoms with van der Waals surface area (Å²) in [6, 6.07) is 8.16. The lowest BCUT2D eigenvalue weighted by molar-refractivity contribution is -0.171. The average Bonchev–Trinajstić information content (AvgIpc) is 2.02. The zero-order valence-electron chi connectivity index (χ0n) is 7.08. The summed E-state index contributed by atoms with van der Waals surface area (Å²) in [7, 11) is 0. The molecule has 75 valence electrons. The van der Waals surface area contributed by atoms with E-state index in [9.17, 15) is 18.0 Å². The van der Waals surface area contributed by atoms with Crippen molar-refractivity contribution in [3.63, 3.8) is 0 Å². The van der Waals surface area contributed by atoms with Gasteiger partial charge in [0.1, 0.15) is 0 Å². The van der Waals surface area contributed by atoms with Gasteiger partial charge < -0.3 is 0 Å². The number of hydrogen-bond acceptors (Lipinski definition) is 1. The quantitative estimate of drug-likeness (QED) is 0.673. The third-order valence-electron chi connectivity index (χ3n) is 1.45. The molecule has 14 heavy (non-hydrogen) atoms. The van der Waals surface area contributed by atoms with Crippen LogP contribution in [0, 0.1) is 0 Å². The molecule has 0 unspecified atom stereocenters. The fourth-order valence-corrected chi connectivity index (χ4v) is 0.951. The number of amides is 1. The molecular formula is C9H7F3NO. The SMILES string of the molecule is O=C(Cc1ccccc1)[N]C(F)(F)F. The van der Waals surface area contributed by atoms with Crippen LogP contribution in [0.15, 0.2) is 30.3 Å². The van der Waals surface area contributed by atoms with Crippen LogP contribution >= 0.6 is 0 Å². The second-order valence-corrected chi connectivity index (χ2v) is 2.64. The summed E-state index contributed by atoms with van der Waals surface area (Å²) in [5, 5.41) is 2.07. The van der Waals surface area contributed by atoms with Crippen LogP contribution in [-0.2, 0) is 11.2 Å². The lowest BCUT2D eigenvalue weighted by Gasteiger charge is -2.04. The summed E-state index contributed by atoms with van der Waals surface area (Å²) in [6.07, 6.45) is -5.09. The Balaban J connectivity index is 2.50. The van der Waals surface area contributed by atoms with Crippen LogP contribution < -0.4 is 5.32 Å². The highest BCUT2D eigenvalue weighted by atomic mass is 19.4. The van der Waals surface area contributed by atoms with E-state index < -0.39 is 12.2 Å². The molecule has 1 rings (SSSR count). The highest BCUT2D eigenvalue weighted by molar-refractivity contribution is 5.78. The molecule has 1 aromatic carbocycles. The van der Waals surface area contributed by atoms with E-state index in [1.165, 1.54) is 0 Å². The summed E-state index contributed by atoms with van der Waals surface area (Å²) in [5.41, 5.74) is 0.519. The third-order valence-corrected chi connectivity index (χ3v) is 1.45. The maximum Gasteiger partial charge on any atom is 0.506 e. The first-order chi connectivity index (χ1) is 6.47. The van der Waals surface area contributed by atoms with E-state index in [2.05, 4.69) is 5.32 Å². The minimum absolute atomic E-state index is 0.319. The second kappa shape index (κ2) is 4.13. The van der Waals surface area contributed by atoms with Gasteiger partial charge in [0.05, 0.1) is 6.42 Å². The molecule has 0 saturated heterocycles. The van der Waals surface area contributed by atoms with Gasteiger partial charge in [0.2, 0.25) is 0 Å². The minimum Gasteiger partial charge on any atom is -0.272 e. The molecule has 0 fully saturated rings. The molecule has 0 aliphatic rings. The molecule has 0 N–H and O–H groups in total. The predicted molar refractivity (Wildman–Crippen MR) is 43.3 cm³/mol. The summed E-state index contributed by atoms with van der Waals surface area (Å²) < 4.78 is 34.9. The number of rotatable bonds is 2. The van der Waals surface area contributed by atoms with Crippen molar-refractivity contribution in [1.82, 2.24) is 5.32 Å². The first-order valence-corrected chi connectivity index (χ1v) is 3.84. The van der Waals surface area contributed by atoms with Gasteiger partial charge in [-0.05, 0) is 5.56 Å². The van der Waals surface area contributed by atoms with E-state index in [1.807, 2.05) is 0 Å². The van der Waals surface area contributed by atoms with Crippen molar-refractivity contribution in [3.05, 3.63) is 35.9 Å². The Kier molecular flexibility index (Phi) is 3.11. The van der Waals surface area contributed by atoms with Gasteiger partial charge in [-0.25, -0.2) is 0 Å². The molecule has 1 radical (unpaired) electrons. The molecule has 0 spiro atoms. The largest absolute Gasteiger partial charge is 0.506 e. The van der Waals surface area contributed by atoms with Crippen LogP contribution in [-0.4, -0.2) is 12.2 Å². The normalized spacial score (nSPS) is 11.1. The maximum atomic E-state index is 11.6. The van der Waals surface area contributed by atoms with E-state index in [-0.39, 0.29) is 6.42 Å². The first kappa shape index (κ1) is 10.6. The molecular weight excluding hydrogens is 195 g/mol. The Morgan fingerprint density at radius 2 is 1.79 bits per heavy atom. The number of hydrogen-bond donors (Lipinski definition) is 0. The van der Waals surface area contributed by atoms with Crippen molar-refractivity contribution < 1.29 is 18.0 Å². The number of benzene rings is 1. The second-order valence-electron chi connectivity index (χ2n) is 2.64. The lowest BCUT2D eigenvalue weighted by atomic mass is 10.1. The van der Waals surface area contributed by atoms with Gasteiger partial charge >= 0.3 is 6.30 Å². The Morgan fingerprint density at radius 3 is 2.29 bits per heavy atom. The van der Waals surface area contributed by atoms with Crippen molar-refractivity contribution in [2.75, 3.05) is 0 Å². The lowest BCUT2D eigenvalue weighted by Crippen LogP contribution is -2.31. The van der Waals surface area contributed by atoms with Crippen LogP contribution in [0.4, 0.5) is 13.2 Å². The molecule has 0 heterocycles. The average molecular weight is 202 g/mol. The monoisotopic (exact) mass is 202 g/mol. The van der Waals surface area contributed by atoms with Gasteiger partial charge in [-0.15, -0.1) is 18.5 Å². The van der Waals surface area contributed by atoms with Crippen LogP contribution in [0.25, 0.3) is 0 Å². The fourth-order valence-electron chi connectivity index (χ4n) is 0.951. The zero-order chi connectivity index (χ0) is 10.6. The summed E-state index contributed by atoms with van der Waals surface area (Å²) in [4.78, 5) is 10.7. The van der Waals surface area contributed by atoms with Crippen molar-refractivity contribution in [3.8, 4) is 0 Å². The van der Waals surface area contributed by atoms with Gasteiger partial charge in [-0.1, -0.05) is 30.3 Å². The smallest absolute Gasteiger partial charge is 0.272 e. The Hall–Kier alpha value is -1.52. The van der Waals surface area contributed by atoms with Crippen LogP contribution in [0.2, 0.25) is 0 Å². The zero-order valence-corrected chi connectivity index (χ0v) is 7.08. The molecule has 0 saturated carbocycles. The number of carbonyl (C=O) groups is 1. The number of alkyl halides is 3. The first-order valence-electron chi connectivity index (χ1n) is 3.84. The molecule has 2 nitrogen and oxygen atoms in total. The summed E-state index contributed by atoms with van der Waals surface area (Å²) in [6.45, 7) is 0. The Bertz CT molecular complexity index is 308. The van der Waals surface area contributed by atoms with Crippen LogP contribution in [0.3, 0.4) is 0 Å². The predicted octanol–water partition coefficient (Wildman–Crippen LogP) is 1.88. The topological polar surface area (TPSA) is 31.2 Å². The molecule has 0 bridgehead atoms. The van der Waals surface area contributed by atoms with E-state index >= 15 is 0 Å². The van der Waals surface area contributed by atoms with Gasteiger partial charge in [0.15, 0.2) is 0 Å². The number of nitrogens with zero attached hydrogens (tertiary/aromatic N) is 1.